The zero-order chi connectivity index (χ0) is 12.1. The van der Waals surface area contributed by atoms with Gasteiger partial charge in [0.15, 0.2) is 0 Å². The van der Waals surface area contributed by atoms with E-state index in [0.717, 1.165) is 9.35 Å². The van der Waals surface area contributed by atoms with Crippen LogP contribution in [-0.4, -0.2) is 24.6 Å². The highest BCUT2D eigenvalue weighted by Gasteiger charge is 2.11. The minimum absolute atomic E-state index is 0.266. The van der Waals surface area contributed by atoms with E-state index in [9.17, 15) is 4.79 Å². The Kier molecular flexibility index (Phi) is 5.28. The lowest BCUT2D eigenvalue weighted by atomic mass is 10.2. The molecule has 0 aromatic carbocycles. The number of nitrogens with zero attached hydrogens (tertiary/aromatic N) is 1. The van der Waals surface area contributed by atoms with Crippen molar-refractivity contribution in [1.82, 2.24) is 4.90 Å². The zero-order valence-corrected chi connectivity index (χ0v) is 12.1. The highest BCUT2D eigenvalue weighted by molar-refractivity contribution is 9.10. The first-order chi connectivity index (χ1) is 7.49. The van der Waals surface area contributed by atoms with Gasteiger partial charge in [-0.3, -0.25) is 0 Å². The van der Waals surface area contributed by atoms with Crippen LogP contribution >= 0.6 is 27.3 Å². The third-order valence-electron chi connectivity index (χ3n) is 1.91. The highest BCUT2D eigenvalue weighted by atomic mass is 79.9. The van der Waals surface area contributed by atoms with Crippen molar-refractivity contribution >= 4 is 33.4 Å². The molecule has 0 saturated heterocycles. The first-order valence-corrected chi connectivity index (χ1v) is 6.77. The summed E-state index contributed by atoms with van der Waals surface area (Å²) in [5.74, 6) is 0.452. The van der Waals surface area contributed by atoms with E-state index in [0.29, 0.717) is 19.1 Å². The van der Waals surface area contributed by atoms with Crippen molar-refractivity contribution in [3.05, 3.63) is 20.8 Å². The van der Waals surface area contributed by atoms with E-state index in [4.69, 9.17) is 4.74 Å². The van der Waals surface area contributed by atoms with Crippen molar-refractivity contribution < 1.29 is 9.53 Å². The summed E-state index contributed by atoms with van der Waals surface area (Å²) in [7, 11) is 1.76. The van der Waals surface area contributed by atoms with E-state index in [1.54, 1.807) is 23.3 Å². The maximum absolute atomic E-state index is 11.6. The largest absolute Gasteiger partial charge is 0.444 e. The number of amides is 1. The van der Waals surface area contributed by atoms with E-state index in [2.05, 4.69) is 29.8 Å². The minimum Gasteiger partial charge on any atom is -0.444 e. The fraction of sp³-hybridized carbons (Fsp3) is 0.545. The van der Waals surface area contributed by atoms with Crippen molar-refractivity contribution in [1.29, 1.82) is 0 Å². The molecule has 0 atom stereocenters. The van der Waals surface area contributed by atoms with Crippen LogP contribution in [0.4, 0.5) is 4.79 Å². The molecule has 0 aliphatic carbocycles. The van der Waals surface area contributed by atoms with Gasteiger partial charge in [0.1, 0.15) is 6.61 Å². The van der Waals surface area contributed by atoms with E-state index in [1.165, 1.54) is 0 Å². The molecule has 16 heavy (non-hydrogen) atoms. The monoisotopic (exact) mass is 305 g/mol. The second-order valence-electron chi connectivity index (χ2n) is 4.06. The standard InChI is InChI=1S/C11H16BrNO2S/c1-8(2)5-13(3)11(14)15-6-10-4-9(12)7-16-10/h4,7-8H,5-6H2,1-3H3. The molecular weight excluding hydrogens is 290 g/mol. The second kappa shape index (κ2) is 6.25. The van der Waals surface area contributed by atoms with Gasteiger partial charge in [-0.25, -0.2) is 4.79 Å². The highest BCUT2D eigenvalue weighted by Crippen LogP contribution is 2.20. The number of halogens is 1. The maximum Gasteiger partial charge on any atom is 0.409 e. The fourth-order valence-corrected chi connectivity index (χ4v) is 2.66. The van der Waals surface area contributed by atoms with Gasteiger partial charge in [-0.1, -0.05) is 13.8 Å². The van der Waals surface area contributed by atoms with Crippen LogP contribution in [0.2, 0.25) is 0 Å². The number of rotatable bonds is 4. The Bertz CT molecular complexity index is 352. The molecule has 1 aromatic rings. The molecule has 1 amide bonds. The van der Waals surface area contributed by atoms with Crippen molar-refractivity contribution in [2.75, 3.05) is 13.6 Å². The normalized spacial score (nSPS) is 10.6. The molecule has 0 unspecified atom stereocenters. The third kappa shape index (κ3) is 4.53. The van der Waals surface area contributed by atoms with E-state index >= 15 is 0 Å². The number of carbonyl (C=O) groups excluding carboxylic acids is 1. The van der Waals surface area contributed by atoms with E-state index in [1.807, 2.05) is 11.4 Å². The summed E-state index contributed by atoms with van der Waals surface area (Å²) in [6.45, 7) is 5.20. The van der Waals surface area contributed by atoms with Crippen LogP contribution < -0.4 is 0 Å². The molecule has 0 aliphatic heterocycles. The van der Waals surface area contributed by atoms with Gasteiger partial charge in [-0.05, 0) is 27.9 Å². The van der Waals surface area contributed by atoms with Gasteiger partial charge in [-0.2, -0.15) is 0 Å². The van der Waals surface area contributed by atoms with Gasteiger partial charge in [0.2, 0.25) is 0 Å². The molecule has 0 fully saturated rings. The zero-order valence-electron chi connectivity index (χ0n) is 9.70. The third-order valence-corrected chi connectivity index (χ3v) is 3.58. The molecule has 0 radical (unpaired) electrons. The van der Waals surface area contributed by atoms with Crippen molar-refractivity contribution in [3.8, 4) is 0 Å². The summed E-state index contributed by atoms with van der Waals surface area (Å²) >= 11 is 4.93. The van der Waals surface area contributed by atoms with E-state index < -0.39 is 0 Å². The van der Waals surface area contributed by atoms with E-state index in [-0.39, 0.29) is 6.09 Å². The summed E-state index contributed by atoms with van der Waals surface area (Å²) < 4.78 is 6.21. The smallest absolute Gasteiger partial charge is 0.409 e. The van der Waals surface area contributed by atoms with Gasteiger partial charge >= 0.3 is 6.09 Å². The Hall–Kier alpha value is -0.550. The molecule has 90 valence electrons. The van der Waals surface area contributed by atoms with Crippen LogP contribution in [0.1, 0.15) is 18.7 Å². The number of hydrogen-bond donors (Lipinski definition) is 0. The van der Waals surface area contributed by atoms with Gasteiger partial charge in [0, 0.05) is 28.3 Å². The topological polar surface area (TPSA) is 29.5 Å². The minimum atomic E-state index is -0.266. The number of hydrogen-bond acceptors (Lipinski definition) is 3. The Morgan fingerprint density at radius 1 is 1.62 bits per heavy atom. The Morgan fingerprint density at radius 3 is 2.81 bits per heavy atom. The summed E-state index contributed by atoms with van der Waals surface area (Å²) in [5, 5.41) is 1.97. The quantitative estimate of drug-likeness (QED) is 0.848. The average Bonchev–Trinajstić information content (AvgIpc) is 2.59. The molecule has 0 N–H and O–H groups in total. The lowest BCUT2D eigenvalue weighted by molar-refractivity contribution is 0.102. The molecular formula is C11H16BrNO2S. The van der Waals surface area contributed by atoms with Crippen molar-refractivity contribution in [3.63, 3.8) is 0 Å². The molecule has 1 aromatic heterocycles. The molecule has 0 aliphatic rings. The van der Waals surface area contributed by atoms with Crippen LogP contribution in [0, 0.1) is 5.92 Å². The first kappa shape index (κ1) is 13.5. The predicted molar refractivity (Wildman–Crippen MR) is 69.7 cm³/mol. The number of ether oxygens (including phenoxy) is 1. The van der Waals surface area contributed by atoms with Crippen LogP contribution in [-0.2, 0) is 11.3 Å². The lowest BCUT2D eigenvalue weighted by Crippen LogP contribution is -2.30. The van der Waals surface area contributed by atoms with Crippen molar-refractivity contribution in [2.45, 2.75) is 20.5 Å². The van der Waals surface area contributed by atoms with Crippen LogP contribution in [0.15, 0.2) is 15.9 Å². The number of thiophene rings is 1. The van der Waals surface area contributed by atoms with Crippen LogP contribution in [0.3, 0.4) is 0 Å². The fourth-order valence-electron chi connectivity index (χ4n) is 1.29. The summed E-state index contributed by atoms with van der Waals surface area (Å²) in [6.07, 6.45) is -0.266. The summed E-state index contributed by atoms with van der Waals surface area (Å²) in [4.78, 5) is 14.2. The van der Waals surface area contributed by atoms with Crippen molar-refractivity contribution in [2.24, 2.45) is 5.92 Å². The molecule has 0 saturated carbocycles. The molecule has 0 bridgehead atoms. The predicted octanol–water partition coefficient (Wildman–Crippen LogP) is 3.74. The summed E-state index contributed by atoms with van der Waals surface area (Å²) in [5.41, 5.74) is 0. The lowest BCUT2D eigenvalue weighted by Gasteiger charge is -2.18. The summed E-state index contributed by atoms with van der Waals surface area (Å²) in [6, 6.07) is 1.96. The van der Waals surface area contributed by atoms with Gasteiger partial charge < -0.3 is 9.64 Å². The maximum atomic E-state index is 11.6. The average molecular weight is 306 g/mol. The van der Waals surface area contributed by atoms with Crippen LogP contribution in [0.5, 0.6) is 0 Å². The molecule has 5 heteroatoms. The van der Waals surface area contributed by atoms with Gasteiger partial charge in [-0.15, -0.1) is 11.3 Å². The molecule has 3 nitrogen and oxygen atoms in total. The SMILES string of the molecule is CC(C)CN(C)C(=O)OCc1cc(Br)cs1. The Morgan fingerprint density at radius 2 is 2.31 bits per heavy atom. The molecule has 1 rings (SSSR count). The molecule has 1 heterocycles. The second-order valence-corrected chi connectivity index (χ2v) is 5.97. The van der Waals surface area contributed by atoms with Gasteiger partial charge in [0.05, 0.1) is 0 Å². The first-order valence-electron chi connectivity index (χ1n) is 5.10. The Balaban J connectivity index is 2.35. The van der Waals surface area contributed by atoms with Gasteiger partial charge in [0.25, 0.3) is 0 Å². The molecule has 0 spiro atoms. The Labute approximate surface area is 109 Å². The van der Waals surface area contributed by atoms with Crippen LogP contribution in [0.25, 0.3) is 0 Å². The number of carbonyl (C=O) groups is 1.